The summed E-state index contributed by atoms with van der Waals surface area (Å²) in [5.74, 6) is 0.176. The fourth-order valence-electron chi connectivity index (χ4n) is 0.581. The molecule has 0 saturated carbocycles. The molecular weight excluding hydrogens is 136 g/mol. The van der Waals surface area contributed by atoms with Gasteiger partial charge in [0.05, 0.1) is 5.88 Å². The van der Waals surface area contributed by atoms with Crippen LogP contribution in [0.2, 0.25) is 0 Å². The van der Waals surface area contributed by atoms with Gasteiger partial charge in [-0.25, -0.2) is 0 Å². The van der Waals surface area contributed by atoms with E-state index in [0.29, 0.717) is 6.42 Å². The van der Waals surface area contributed by atoms with Crippen molar-refractivity contribution >= 4 is 17.4 Å². The zero-order valence-corrected chi connectivity index (χ0v) is 6.66. The topological polar surface area (TPSA) is 17.1 Å². The molecule has 0 bridgehead atoms. The highest BCUT2D eigenvalue weighted by atomic mass is 35.5. The van der Waals surface area contributed by atoms with Crippen molar-refractivity contribution in [2.45, 2.75) is 20.3 Å². The van der Waals surface area contributed by atoms with Crippen LogP contribution < -0.4 is 0 Å². The number of alkyl halides is 1. The van der Waals surface area contributed by atoms with Crippen molar-refractivity contribution in [2.24, 2.45) is 5.41 Å². The molecule has 0 spiro atoms. The Morgan fingerprint density at radius 3 is 2.22 bits per heavy atom. The second-order valence-corrected chi connectivity index (χ2v) is 3.28. The molecule has 53 valence electrons. The molecule has 2 heteroatoms. The Morgan fingerprint density at radius 2 is 2.11 bits per heavy atom. The maximum Gasteiger partial charge on any atom is 0.148 e. The van der Waals surface area contributed by atoms with E-state index < -0.39 is 0 Å². The molecule has 0 amide bonds. The predicted octanol–water partition coefficient (Wildman–Crippen LogP) is 2.04. The van der Waals surface area contributed by atoms with Crippen molar-refractivity contribution in [3.8, 4) is 0 Å². The number of ketones is 1. The lowest BCUT2D eigenvalue weighted by Crippen LogP contribution is -2.13. The summed E-state index contributed by atoms with van der Waals surface area (Å²) in [6.45, 7) is 7.61. The Balaban J connectivity index is 3.60. The van der Waals surface area contributed by atoms with Crippen molar-refractivity contribution in [1.29, 1.82) is 0 Å². The van der Waals surface area contributed by atoms with E-state index in [-0.39, 0.29) is 17.1 Å². The van der Waals surface area contributed by atoms with Crippen LogP contribution in [0.15, 0.2) is 0 Å². The minimum atomic E-state index is -0.161. The average molecular weight is 148 g/mol. The van der Waals surface area contributed by atoms with Gasteiger partial charge < -0.3 is 0 Å². The van der Waals surface area contributed by atoms with Crippen molar-refractivity contribution in [3.05, 3.63) is 6.92 Å². The highest BCUT2D eigenvalue weighted by Crippen LogP contribution is 2.17. The third-order valence-corrected chi connectivity index (χ3v) is 1.12. The number of hydrogen-bond acceptors (Lipinski definition) is 1. The van der Waals surface area contributed by atoms with E-state index in [2.05, 4.69) is 6.92 Å². The van der Waals surface area contributed by atoms with E-state index in [9.17, 15) is 4.79 Å². The lowest BCUT2D eigenvalue weighted by atomic mass is 9.90. The van der Waals surface area contributed by atoms with E-state index in [1.807, 2.05) is 13.8 Å². The van der Waals surface area contributed by atoms with Crippen LogP contribution in [0.25, 0.3) is 0 Å². The third-order valence-electron chi connectivity index (χ3n) is 0.825. The molecule has 0 aromatic rings. The van der Waals surface area contributed by atoms with Gasteiger partial charge >= 0.3 is 0 Å². The zero-order chi connectivity index (χ0) is 7.49. The molecule has 0 rings (SSSR count). The van der Waals surface area contributed by atoms with Crippen molar-refractivity contribution in [1.82, 2.24) is 0 Å². The first kappa shape index (κ1) is 8.96. The first-order chi connectivity index (χ1) is 3.95. The van der Waals surface area contributed by atoms with Crippen LogP contribution in [-0.4, -0.2) is 11.7 Å². The fraction of sp³-hybridized carbons (Fsp3) is 0.714. The lowest BCUT2D eigenvalue weighted by Gasteiger charge is -2.14. The Morgan fingerprint density at radius 1 is 1.67 bits per heavy atom. The highest BCUT2D eigenvalue weighted by molar-refractivity contribution is 6.27. The van der Waals surface area contributed by atoms with Gasteiger partial charge in [0.1, 0.15) is 5.78 Å². The molecule has 0 N–H and O–H groups in total. The van der Waals surface area contributed by atoms with E-state index in [1.54, 1.807) is 0 Å². The van der Waals surface area contributed by atoms with Gasteiger partial charge in [-0.05, 0) is 12.3 Å². The van der Waals surface area contributed by atoms with Crippen LogP contribution in [0.5, 0.6) is 0 Å². The van der Waals surface area contributed by atoms with Gasteiger partial charge in [0.25, 0.3) is 0 Å². The monoisotopic (exact) mass is 147 g/mol. The van der Waals surface area contributed by atoms with Gasteiger partial charge in [-0.1, -0.05) is 13.8 Å². The molecule has 1 nitrogen and oxygen atoms in total. The van der Waals surface area contributed by atoms with Gasteiger partial charge in [-0.2, -0.15) is 0 Å². The standard InChI is InChI=1S/C7H12ClO/c1-7(2,3)4-6(9)5-8/h1,4-5H2,2-3H3. The molecule has 0 aromatic heterocycles. The molecule has 0 aromatic carbocycles. The van der Waals surface area contributed by atoms with Crippen LogP contribution in [0.4, 0.5) is 0 Å². The first-order valence-electron chi connectivity index (χ1n) is 2.89. The number of halogens is 1. The van der Waals surface area contributed by atoms with Gasteiger partial charge in [0.15, 0.2) is 0 Å². The maximum absolute atomic E-state index is 10.7. The summed E-state index contributed by atoms with van der Waals surface area (Å²) >= 11 is 5.28. The average Bonchev–Trinajstić information content (AvgIpc) is 1.62. The van der Waals surface area contributed by atoms with Crippen LogP contribution >= 0.6 is 11.6 Å². The molecule has 0 atom stereocenters. The lowest BCUT2D eigenvalue weighted by molar-refractivity contribution is -0.118. The van der Waals surface area contributed by atoms with E-state index >= 15 is 0 Å². The van der Waals surface area contributed by atoms with Gasteiger partial charge in [0, 0.05) is 6.42 Å². The Labute approximate surface area is 61.4 Å². The first-order valence-corrected chi connectivity index (χ1v) is 3.42. The van der Waals surface area contributed by atoms with E-state index in [4.69, 9.17) is 11.6 Å². The molecule has 0 saturated heterocycles. The highest BCUT2D eigenvalue weighted by Gasteiger charge is 2.14. The molecule has 0 aliphatic carbocycles. The van der Waals surface area contributed by atoms with Gasteiger partial charge in [-0.3, -0.25) is 4.79 Å². The van der Waals surface area contributed by atoms with Crippen molar-refractivity contribution in [2.75, 3.05) is 5.88 Å². The summed E-state index contributed by atoms with van der Waals surface area (Å²) in [5.41, 5.74) is -0.161. The summed E-state index contributed by atoms with van der Waals surface area (Å²) in [6, 6.07) is 0. The smallest absolute Gasteiger partial charge is 0.148 e. The molecular formula is C7H12ClO. The summed E-state index contributed by atoms with van der Waals surface area (Å²) in [6.07, 6.45) is 0.469. The molecule has 9 heavy (non-hydrogen) atoms. The number of hydrogen-bond donors (Lipinski definition) is 0. The van der Waals surface area contributed by atoms with Crippen molar-refractivity contribution in [3.63, 3.8) is 0 Å². The number of carbonyl (C=O) groups excluding carboxylic acids is 1. The molecule has 0 unspecified atom stereocenters. The number of Topliss-reactive ketones (excluding diaryl/α,β-unsaturated/α-hetero) is 1. The minimum absolute atomic E-state index is 0.0664. The van der Waals surface area contributed by atoms with Gasteiger partial charge in [0.2, 0.25) is 0 Å². The Bertz CT molecular complexity index is 102. The van der Waals surface area contributed by atoms with Crippen LogP contribution in [0, 0.1) is 12.3 Å². The summed E-state index contributed by atoms with van der Waals surface area (Å²) in [7, 11) is 0. The summed E-state index contributed by atoms with van der Waals surface area (Å²) in [5, 5.41) is 0. The Hall–Kier alpha value is -0.0400. The maximum atomic E-state index is 10.7. The van der Waals surface area contributed by atoms with E-state index in [1.165, 1.54) is 0 Å². The predicted molar refractivity (Wildman–Crippen MR) is 39.5 cm³/mol. The molecule has 0 aliphatic rings. The number of rotatable bonds is 3. The van der Waals surface area contributed by atoms with Gasteiger partial charge in [-0.15, -0.1) is 11.6 Å². The van der Waals surface area contributed by atoms with Crippen LogP contribution in [0.3, 0.4) is 0 Å². The summed E-state index contributed by atoms with van der Waals surface area (Å²) < 4.78 is 0. The second kappa shape index (κ2) is 3.21. The van der Waals surface area contributed by atoms with Crippen LogP contribution in [0.1, 0.15) is 20.3 Å². The minimum Gasteiger partial charge on any atom is -0.298 e. The fourth-order valence-corrected chi connectivity index (χ4v) is 0.675. The molecule has 1 radical (unpaired) electrons. The quantitative estimate of drug-likeness (QED) is 0.559. The summed E-state index contributed by atoms with van der Waals surface area (Å²) in [4.78, 5) is 10.7. The third kappa shape index (κ3) is 5.84. The largest absolute Gasteiger partial charge is 0.298 e. The molecule has 0 aliphatic heterocycles. The number of carbonyl (C=O) groups is 1. The van der Waals surface area contributed by atoms with E-state index in [0.717, 1.165) is 0 Å². The Kier molecular flexibility index (Phi) is 3.20. The molecule has 0 fully saturated rings. The van der Waals surface area contributed by atoms with Crippen molar-refractivity contribution < 1.29 is 4.79 Å². The molecule has 0 heterocycles. The SMILES string of the molecule is [CH2]C(C)(C)CC(=O)CCl. The normalized spacial score (nSPS) is 11.6. The second-order valence-electron chi connectivity index (χ2n) is 3.01. The zero-order valence-electron chi connectivity index (χ0n) is 5.91. The van der Waals surface area contributed by atoms with Crippen LogP contribution in [-0.2, 0) is 4.79 Å².